The number of anilines is 4. The van der Waals surface area contributed by atoms with Crippen LogP contribution in [0.1, 0.15) is 0 Å². The first kappa shape index (κ1) is 17.8. The minimum absolute atomic E-state index is 0.330. The molecular weight excluding hydrogens is 358 g/mol. The zero-order valence-corrected chi connectivity index (χ0v) is 14.9. The third-order valence-electron chi connectivity index (χ3n) is 3.73. The highest BCUT2D eigenvalue weighted by Gasteiger charge is 2.15. The molecule has 3 rings (SSSR count). The minimum Gasteiger partial charge on any atom is -0.335 e. The van der Waals surface area contributed by atoms with Gasteiger partial charge in [-0.2, -0.15) is 0 Å². The maximum absolute atomic E-state index is 13.4. The van der Waals surface area contributed by atoms with Gasteiger partial charge >= 0.3 is 6.03 Å². The Morgan fingerprint density at radius 2 is 1.65 bits per heavy atom. The number of aromatic nitrogens is 1. The van der Waals surface area contributed by atoms with Crippen LogP contribution in [0.25, 0.3) is 0 Å². The standard InChI is InChI=1S/C18H16F2N4OS/c1-23(14-7-3-5-12(19)9-14)16-11-21-17(26-16)22-18(25)24(2)15-8-4-6-13(20)10-15/h3-11H,1-2H3,(H,21,22,25). The molecule has 0 spiro atoms. The molecule has 2 amide bonds. The zero-order valence-electron chi connectivity index (χ0n) is 14.1. The van der Waals surface area contributed by atoms with Crippen LogP contribution < -0.4 is 15.1 Å². The van der Waals surface area contributed by atoms with E-state index in [1.807, 2.05) is 0 Å². The van der Waals surface area contributed by atoms with Crippen molar-refractivity contribution in [2.45, 2.75) is 0 Å². The quantitative estimate of drug-likeness (QED) is 0.710. The lowest BCUT2D eigenvalue weighted by molar-refractivity contribution is 0.258. The predicted octanol–water partition coefficient (Wildman–Crippen LogP) is 4.86. The number of carbonyl (C=O) groups excluding carboxylic acids is 1. The van der Waals surface area contributed by atoms with Gasteiger partial charge in [-0.15, -0.1) is 0 Å². The van der Waals surface area contributed by atoms with E-state index in [1.54, 1.807) is 36.3 Å². The highest BCUT2D eigenvalue weighted by molar-refractivity contribution is 7.19. The molecule has 134 valence electrons. The van der Waals surface area contributed by atoms with Gasteiger partial charge in [0.2, 0.25) is 0 Å². The fraction of sp³-hybridized carbons (Fsp3) is 0.111. The molecule has 0 saturated heterocycles. The van der Waals surface area contributed by atoms with E-state index in [4.69, 9.17) is 0 Å². The van der Waals surface area contributed by atoms with Crippen molar-refractivity contribution >= 4 is 38.9 Å². The first-order valence-corrected chi connectivity index (χ1v) is 8.51. The number of amides is 2. The molecule has 1 aromatic heterocycles. The van der Waals surface area contributed by atoms with Gasteiger partial charge in [-0.05, 0) is 36.4 Å². The molecule has 0 unspecified atom stereocenters. The van der Waals surface area contributed by atoms with Crippen LogP contribution in [0.5, 0.6) is 0 Å². The smallest absolute Gasteiger partial charge is 0.327 e. The number of hydrogen-bond acceptors (Lipinski definition) is 4. The third kappa shape index (κ3) is 3.97. The number of nitrogens with one attached hydrogen (secondary N) is 1. The largest absolute Gasteiger partial charge is 0.335 e. The molecule has 0 radical (unpaired) electrons. The molecule has 3 aromatic rings. The van der Waals surface area contributed by atoms with Gasteiger partial charge in [-0.1, -0.05) is 23.5 Å². The molecule has 0 atom stereocenters. The molecule has 26 heavy (non-hydrogen) atoms. The van der Waals surface area contributed by atoms with E-state index in [9.17, 15) is 13.6 Å². The Morgan fingerprint density at radius 3 is 2.31 bits per heavy atom. The number of carbonyl (C=O) groups is 1. The molecule has 0 fully saturated rings. The van der Waals surface area contributed by atoms with Gasteiger partial charge in [-0.3, -0.25) is 10.2 Å². The first-order chi connectivity index (χ1) is 12.4. The lowest BCUT2D eigenvalue weighted by Gasteiger charge is -2.17. The summed E-state index contributed by atoms with van der Waals surface area (Å²) in [6.07, 6.45) is 1.59. The van der Waals surface area contributed by atoms with Crippen LogP contribution >= 0.6 is 11.3 Å². The van der Waals surface area contributed by atoms with Crippen LogP contribution in [0, 0.1) is 11.6 Å². The Hall–Kier alpha value is -3.00. The first-order valence-electron chi connectivity index (χ1n) is 7.69. The maximum Gasteiger partial charge on any atom is 0.327 e. The van der Waals surface area contributed by atoms with Gasteiger partial charge in [0.1, 0.15) is 16.6 Å². The van der Waals surface area contributed by atoms with Gasteiger partial charge in [0.25, 0.3) is 0 Å². The Bertz CT molecular complexity index is 931. The summed E-state index contributed by atoms with van der Waals surface area (Å²) in [5.41, 5.74) is 1.10. The molecule has 0 aliphatic rings. The maximum atomic E-state index is 13.4. The summed E-state index contributed by atoms with van der Waals surface area (Å²) in [7, 11) is 3.32. The van der Waals surface area contributed by atoms with Crippen molar-refractivity contribution in [3.8, 4) is 0 Å². The van der Waals surface area contributed by atoms with E-state index in [1.165, 1.54) is 53.6 Å². The van der Waals surface area contributed by atoms with Crippen LogP contribution in [-0.2, 0) is 0 Å². The average molecular weight is 374 g/mol. The molecule has 1 heterocycles. The predicted molar refractivity (Wildman–Crippen MR) is 100 cm³/mol. The fourth-order valence-electron chi connectivity index (χ4n) is 2.27. The second-order valence-electron chi connectivity index (χ2n) is 5.51. The second-order valence-corrected chi connectivity index (χ2v) is 6.52. The molecule has 5 nitrogen and oxygen atoms in total. The Kier molecular flexibility index (Phi) is 5.13. The van der Waals surface area contributed by atoms with Crippen molar-refractivity contribution < 1.29 is 13.6 Å². The summed E-state index contributed by atoms with van der Waals surface area (Å²) < 4.78 is 26.7. The van der Waals surface area contributed by atoms with Crippen LogP contribution in [0.15, 0.2) is 54.7 Å². The number of hydrogen-bond donors (Lipinski definition) is 1. The van der Waals surface area contributed by atoms with Crippen molar-refractivity contribution in [3.63, 3.8) is 0 Å². The molecule has 2 aromatic carbocycles. The molecule has 0 aliphatic heterocycles. The number of rotatable bonds is 4. The van der Waals surface area contributed by atoms with Gasteiger partial charge in [0.15, 0.2) is 5.13 Å². The number of thiazole rings is 1. The fourth-order valence-corrected chi connectivity index (χ4v) is 3.06. The van der Waals surface area contributed by atoms with E-state index in [0.717, 1.165) is 5.00 Å². The van der Waals surface area contributed by atoms with Crippen LogP contribution in [0.3, 0.4) is 0 Å². The van der Waals surface area contributed by atoms with E-state index < -0.39 is 11.8 Å². The summed E-state index contributed by atoms with van der Waals surface area (Å²) in [5, 5.41) is 3.79. The Labute approximate surface area is 153 Å². The van der Waals surface area contributed by atoms with Crippen molar-refractivity contribution in [1.29, 1.82) is 0 Å². The SMILES string of the molecule is CN(C(=O)Nc1ncc(N(C)c2cccc(F)c2)s1)c1cccc(F)c1. The Balaban J connectivity index is 1.71. The van der Waals surface area contributed by atoms with Crippen molar-refractivity contribution in [1.82, 2.24) is 4.98 Å². The highest BCUT2D eigenvalue weighted by Crippen LogP contribution is 2.31. The molecule has 1 N–H and O–H groups in total. The van der Waals surface area contributed by atoms with Gasteiger partial charge in [0, 0.05) is 25.5 Å². The molecule has 0 aliphatic carbocycles. The third-order valence-corrected chi connectivity index (χ3v) is 4.72. The lowest BCUT2D eigenvalue weighted by atomic mass is 10.3. The summed E-state index contributed by atoms with van der Waals surface area (Å²) >= 11 is 1.25. The minimum atomic E-state index is -0.440. The van der Waals surface area contributed by atoms with Gasteiger partial charge in [0.05, 0.1) is 6.20 Å². The number of benzene rings is 2. The second kappa shape index (κ2) is 7.49. The van der Waals surface area contributed by atoms with Gasteiger partial charge < -0.3 is 4.90 Å². The summed E-state index contributed by atoms with van der Waals surface area (Å²) in [5.74, 6) is -0.750. The topological polar surface area (TPSA) is 48.5 Å². The summed E-state index contributed by atoms with van der Waals surface area (Å²) in [6, 6.07) is 11.5. The monoisotopic (exact) mass is 374 g/mol. The van der Waals surface area contributed by atoms with E-state index in [2.05, 4.69) is 10.3 Å². The van der Waals surface area contributed by atoms with Crippen molar-refractivity contribution in [2.75, 3.05) is 29.2 Å². The molecular formula is C18H16F2N4OS. The van der Waals surface area contributed by atoms with Crippen LogP contribution in [0.4, 0.5) is 35.1 Å². The molecule has 0 saturated carbocycles. The average Bonchev–Trinajstić information content (AvgIpc) is 3.08. The summed E-state index contributed by atoms with van der Waals surface area (Å²) in [6.45, 7) is 0. The van der Waals surface area contributed by atoms with E-state index >= 15 is 0 Å². The zero-order chi connectivity index (χ0) is 18.7. The van der Waals surface area contributed by atoms with E-state index in [-0.39, 0.29) is 5.82 Å². The van der Waals surface area contributed by atoms with Crippen molar-refractivity contribution in [3.05, 3.63) is 66.4 Å². The van der Waals surface area contributed by atoms with Crippen LogP contribution in [-0.4, -0.2) is 25.1 Å². The summed E-state index contributed by atoms with van der Waals surface area (Å²) in [4.78, 5) is 19.5. The molecule has 8 heteroatoms. The van der Waals surface area contributed by atoms with E-state index in [0.29, 0.717) is 16.5 Å². The number of urea groups is 1. The van der Waals surface area contributed by atoms with Crippen LogP contribution in [0.2, 0.25) is 0 Å². The lowest BCUT2D eigenvalue weighted by Crippen LogP contribution is -2.31. The van der Waals surface area contributed by atoms with Crippen molar-refractivity contribution in [2.24, 2.45) is 0 Å². The van der Waals surface area contributed by atoms with Gasteiger partial charge in [-0.25, -0.2) is 18.6 Å². The highest BCUT2D eigenvalue weighted by atomic mass is 32.1. The normalized spacial score (nSPS) is 10.5. The number of halogens is 2. The Morgan fingerprint density at radius 1 is 1.04 bits per heavy atom. The number of nitrogens with zero attached hydrogens (tertiary/aromatic N) is 3. The molecule has 0 bridgehead atoms.